The van der Waals surface area contributed by atoms with Gasteiger partial charge < -0.3 is 0 Å². The molecule has 0 fully saturated rings. The Morgan fingerprint density at radius 2 is 1.58 bits per heavy atom. The maximum atomic E-state index is 10.7. The number of rotatable bonds is 1. The number of nitrogens with zero attached hydrogens (tertiary/aromatic N) is 1. The minimum atomic E-state index is -0.152. The van der Waals surface area contributed by atoms with E-state index in [0.29, 0.717) is 5.56 Å². The number of hydrogen-bond acceptors (Lipinski definition) is 2. The van der Waals surface area contributed by atoms with E-state index in [1.165, 1.54) is 6.08 Å². The predicted octanol–water partition coefficient (Wildman–Crippen LogP) is 1.85. The molecule has 0 unspecified atom stereocenters. The van der Waals surface area contributed by atoms with Crippen molar-refractivity contribution in [1.82, 2.24) is 0 Å². The first-order valence-electron chi connectivity index (χ1n) is 5.61. The zero-order valence-corrected chi connectivity index (χ0v) is 11.5. The van der Waals surface area contributed by atoms with Gasteiger partial charge in [-0.3, -0.25) is 9.59 Å². The summed E-state index contributed by atoms with van der Waals surface area (Å²) in [7, 11) is 0. The molecule has 2 aromatic rings. The molecule has 0 saturated carbocycles. The SMILES string of the molecule is O=C(Br)c1ccccc1.O=C1C=c2ccccc2=N1. The standard InChI is InChI=1S/C8H5NO.C7H5BrO/c10-8-5-6-3-1-2-4-7(6)9-8;8-7(9)6-4-2-1-3-5-6/h1-5H;1-5H. The zero-order chi connectivity index (χ0) is 13.7. The van der Waals surface area contributed by atoms with E-state index in [0.717, 1.165) is 10.6 Å². The summed E-state index contributed by atoms with van der Waals surface area (Å²) in [5.74, 6) is -0.152. The van der Waals surface area contributed by atoms with E-state index in [1.807, 2.05) is 42.5 Å². The number of carbonyl (C=O) groups excluding carboxylic acids is 2. The summed E-state index contributed by atoms with van der Waals surface area (Å²) in [6.45, 7) is 0. The van der Waals surface area contributed by atoms with Crippen LogP contribution in [-0.4, -0.2) is 10.6 Å². The number of benzene rings is 2. The first kappa shape index (κ1) is 13.4. The third kappa shape index (κ3) is 3.69. The highest BCUT2D eigenvalue weighted by molar-refractivity contribution is 9.18. The summed E-state index contributed by atoms with van der Waals surface area (Å²) < 4.78 is -0.0666. The van der Waals surface area contributed by atoms with Crippen molar-refractivity contribution < 1.29 is 9.59 Å². The molecular weight excluding hydrogens is 306 g/mol. The Bertz CT molecular complexity index is 686. The molecule has 1 aliphatic rings. The van der Waals surface area contributed by atoms with Crippen LogP contribution in [0.1, 0.15) is 10.4 Å². The maximum Gasteiger partial charge on any atom is 0.270 e. The molecule has 3 nitrogen and oxygen atoms in total. The van der Waals surface area contributed by atoms with E-state index in [1.54, 1.807) is 12.1 Å². The van der Waals surface area contributed by atoms with Crippen LogP contribution in [0.4, 0.5) is 0 Å². The second-order valence-electron chi connectivity index (χ2n) is 3.79. The van der Waals surface area contributed by atoms with Crippen LogP contribution in [0.15, 0.2) is 59.6 Å². The minimum absolute atomic E-state index is 0.0666. The number of para-hydroxylation sites is 1. The lowest BCUT2D eigenvalue weighted by molar-refractivity contribution is -0.112. The van der Waals surface area contributed by atoms with Crippen LogP contribution in [0.3, 0.4) is 0 Å². The van der Waals surface area contributed by atoms with Crippen molar-refractivity contribution >= 4 is 32.6 Å². The fraction of sp³-hybridized carbons (Fsp3) is 0. The smallest absolute Gasteiger partial charge is 0.270 e. The van der Waals surface area contributed by atoms with Crippen molar-refractivity contribution in [1.29, 1.82) is 0 Å². The number of halogens is 1. The van der Waals surface area contributed by atoms with Crippen LogP contribution in [0.25, 0.3) is 6.08 Å². The van der Waals surface area contributed by atoms with Gasteiger partial charge in [0.15, 0.2) is 0 Å². The monoisotopic (exact) mass is 315 g/mol. The van der Waals surface area contributed by atoms with E-state index >= 15 is 0 Å². The van der Waals surface area contributed by atoms with Gasteiger partial charge in [-0.15, -0.1) is 0 Å². The second-order valence-corrected chi connectivity index (χ2v) is 4.51. The molecule has 94 valence electrons. The van der Waals surface area contributed by atoms with Crippen LogP contribution in [0.5, 0.6) is 0 Å². The molecule has 0 saturated heterocycles. The van der Waals surface area contributed by atoms with Gasteiger partial charge >= 0.3 is 0 Å². The van der Waals surface area contributed by atoms with Crippen LogP contribution in [-0.2, 0) is 4.79 Å². The summed E-state index contributed by atoms with van der Waals surface area (Å²) in [5.41, 5.74) is 0.692. The van der Waals surface area contributed by atoms with Crippen LogP contribution in [0.2, 0.25) is 0 Å². The van der Waals surface area contributed by atoms with Crippen LogP contribution in [0, 0.1) is 0 Å². The average Bonchev–Trinajstić information content (AvgIpc) is 2.80. The summed E-state index contributed by atoms with van der Waals surface area (Å²) in [6.07, 6.45) is 1.54. The van der Waals surface area contributed by atoms with Gasteiger partial charge in [0.25, 0.3) is 5.91 Å². The second kappa shape index (κ2) is 6.20. The Kier molecular flexibility index (Phi) is 4.36. The Balaban J connectivity index is 0.000000141. The Labute approximate surface area is 118 Å². The van der Waals surface area contributed by atoms with Gasteiger partial charge in [0.1, 0.15) is 0 Å². The van der Waals surface area contributed by atoms with E-state index in [2.05, 4.69) is 20.9 Å². The molecule has 0 N–H and O–H groups in total. The van der Waals surface area contributed by atoms with Crippen molar-refractivity contribution in [3.8, 4) is 0 Å². The van der Waals surface area contributed by atoms with Gasteiger partial charge in [0, 0.05) is 16.9 Å². The van der Waals surface area contributed by atoms with E-state index < -0.39 is 0 Å². The van der Waals surface area contributed by atoms with Crippen molar-refractivity contribution in [2.75, 3.05) is 0 Å². The summed E-state index contributed by atoms with van der Waals surface area (Å²) >= 11 is 2.84. The molecule has 0 atom stereocenters. The van der Waals surface area contributed by atoms with Gasteiger partial charge in [-0.1, -0.05) is 48.5 Å². The maximum absolute atomic E-state index is 10.7. The van der Waals surface area contributed by atoms with Crippen LogP contribution < -0.4 is 10.6 Å². The van der Waals surface area contributed by atoms with Gasteiger partial charge in [-0.25, -0.2) is 4.99 Å². The van der Waals surface area contributed by atoms with E-state index in [9.17, 15) is 9.59 Å². The van der Waals surface area contributed by atoms with Gasteiger partial charge in [-0.2, -0.15) is 0 Å². The summed E-state index contributed by atoms with van der Waals surface area (Å²) in [4.78, 5) is 25.0. The lowest BCUT2D eigenvalue weighted by atomic mass is 10.2. The van der Waals surface area contributed by atoms with E-state index in [-0.39, 0.29) is 10.6 Å². The molecule has 3 rings (SSSR count). The summed E-state index contributed by atoms with van der Waals surface area (Å²) in [6, 6.07) is 16.5. The van der Waals surface area contributed by atoms with Crippen LogP contribution >= 0.6 is 15.9 Å². The van der Waals surface area contributed by atoms with Gasteiger partial charge in [0.2, 0.25) is 4.69 Å². The fourth-order valence-corrected chi connectivity index (χ4v) is 1.83. The topological polar surface area (TPSA) is 46.5 Å². The molecule has 0 aliphatic carbocycles. The Hall–Kier alpha value is -2.07. The Morgan fingerprint density at radius 3 is 2.16 bits per heavy atom. The normalized spacial score (nSPS) is 11.5. The quantitative estimate of drug-likeness (QED) is 0.754. The molecule has 1 amide bonds. The molecule has 0 aromatic heterocycles. The third-order valence-electron chi connectivity index (χ3n) is 2.45. The zero-order valence-electron chi connectivity index (χ0n) is 9.92. The number of fused-ring (bicyclic) bond motifs is 1. The predicted molar refractivity (Wildman–Crippen MR) is 76.4 cm³/mol. The molecule has 0 bridgehead atoms. The molecule has 1 aliphatic heterocycles. The minimum Gasteiger partial charge on any atom is -0.281 e. The summed E-state index contributed by atoms with van der Waals surface area (Å²) in [5, 5.41) is 1.71. The van der Waals surface area contributed by atoms with Gasteiger partial charge in [-0.05, 0) is 22.0 Å². The first-order valence-corrected chi connectivity index (χ1v) is 6.40. The largest absolute Gasteiger partial charge is 0.281 e. The number of hydrogen-bond donors (Lipinski definition) is 0. The molecule has 19 heavy (non-hydrogen) atoms. The highest BCUT2D eigenvalue weighted by atomic mass is 79.9. The molecule has 2 aromatic carbocycles. The third-order valence-corrected chi connectivity index (χ3v) is 2.90. The van der Waals surface area contributed by atoms with Gasteiger partial charge in [0.05, 0.1) is 5.36 Å². The molecule has 1 heterocycles. The number of amides is 1. The fourth-order valence-electron chi connectivity index (χ4n) is 1.56. The molecular formula is C15H10BrNO2. The average molecular weight is 316 g/mol. The lowest BCUT2D eigenvalue weighted by Gasteiger charge is -1.87. The number of carbonyl (C=O) groups is 2. The molecule has 4 heteroatoms. The Morgan fingerprint density at radius 1 is 0.947 bits per heavy atom. The van der Waals surface area contributed by atoms with Crippen molar-refractivity contribution in [2.45, 2.75) is 0 Å². The van der Waals surface area contributed by atoms with Crippen molar-refractivity contribution in [2.24, 2.45) is 4.99 Å². The first-order chi connectivity index (χ1) is 9.16. The highest BCUT2D eigenvalue weighted by Gasteiger charge is 1.99. The van der Waals surface area contributed by atoms with Crippen molar-refractivity contribution in [3.05, 3.63) is 70.7 Å². The highest BCUT2D eigenvalue weighted by Crippen LogP contribution is 2.03. The molecule has 0 radical (unpaired) electrons. The lowest BCUT2D eigenvalue weighted by Crippen LogP contribution is -2.19. The van der Waals surface area contributed by atoms with Crippen molar-refractivity contribution in [3.63, 3.8) is 0 Å². The van der Waals surface area contributed by atoms with E-state index in [4.69, 9.17) is 0 Å². The molecule has 0 spiro atoms.